The largest absolute Gasteiger partial charge is 0.496 e. The van der Waals surface area contributed by atoms with Crippen molar-refractivity contribution in [2.24, 2.45) is 0 Å². The monoisotopic (exact) mass is 451 g/mol. The van der Waals surface area contributed by atoms with Crippen LogP contribution in [0.4, 0.5) is 4.39 Å². The number of hydrogen-bond acceptors (Lipinski definition) is 5. The van der Waals surface area contributed by atoms with Gasteiger partial charge in [0, 0.05) is 25.2 Å². The maximum Gasteiger partial charge on any atom is 0.277 e. The SMILES string of the molecule is COc1ccccc1C1=C(N(C)C2CCN(C)CC2)C(=O)N(CCc2ccc(F)cc2)C1=O. The number of piperidine rings is 1. The number of benzene rings is 2. The van der Waals surface area contributed by atoms with Crippen LogP contribution in [0.2, 0.25) is 0 Å². The van der Waals surface area contributed by atoms with Crippen molar-refractivity contribution in [3.8, 4) is 5.75 Å². The van der Waals surface area contributed by atoms with Crippen molar-refractivity contribution in [2.45, 2.75) is 25.3 Å². The lowest BCUT2D eigenvalue weighted by atomic mass is 9.99. The Balaban J connectivity index is 1.67. The van der Waals surface area contributed by atoms with Gasteiger partial charge in [0.2, 0.25) is 0 Å². The summed E-state index contributed by atoms with van der Waals surface area (Å²) in [6.45, 7) is 2.12. The number of ether oxygens (including phenoxy) is 1. The topological polar surface area (TPSA) is 53.1 Å². The number of hydrogen-bond donors (Lipinski definition) is 0. The zero-order valence-electron chi connectivity index (χ0n) is 19.4. The van der Waals surface area contributed by atoms with Gasteiger partial charge in [-0.1, -0.05) is 30.3 Å². The highest BCUT2D eigenvalue weighted by Gasteiger charge is 2.43. The van der Waals surface area contributed by atoms with Crippen molar-refractivity contribution in [3.63, 3.8) is 0 Å². The van der Waals surface area contributed by atoms with Crippen LogP contribution in [-0.4, -0.2) is 73.4 Å². The molecule has 1 saturated heterocycles. The Labute approximate surface area is 194 Å². The van der Waals surface area contributed by atoms with Crippen LogP contribution in [-0.2, 0) is 16.0 Å². The molecule has 0 unspecified atom stereocenters. The summed E-state index contributed by atoms with van der Waals surface area (Å²) < 4.78 is 18.8. The van der Waals surface area contributed by atoms with Crippen LogP contribution in [0.1, 0.15) is 24.0 Å². The summed E-state index contributed by atoms with van der Waals surface area (Å²) >= 11 is 0. The molecule has 0 aromatic heterocycles. The van der Waals surface area contributed by atoms with Gasteiger partial charge in [-0.15, -0.1) is 0 Å². The molecule has 0 N–H and O–H groups in total. The van der Waals surface area contributed by atoms with Gasteiger partial charge in [-0.05, 0) is 63.2 Å². The van der Waals surface area contributed by atoms with E-state index in [-0.39, 0.29) is 30.2 Å². The average molecular weight is 452 g/mol. The summed E-state index contributed by atoms with van der Waals surface area (Å²) in [6.07, 6.45) is 2.31. The van der Waals surface area contributed by atoms with Crippen LogP contribution >= 0.6 is 0 Å². The Hall–Kier alpha value is -3.19. The summed E-state index contributed by atoms with van der Waals surface area (Å²) in [6, 6.07) is 13.6. The molecular formula is C26H30FN3O3. The number of likely N-dealkylation sites (tertiary alicyclic amines) is 1. The Morgan fingerprint density at radius 3 is 2.36 bits per heavy atom. The van der Waals surface area contributed by atoms with E-state index in [1.54, 1.807) is 25.3 Å². The number of carbonyl (C=O) groups is 2. The molecule has 0 bridgehead atoms. The molecule has 2 heterocycles. The quantitative estimate of drug-likeness (QED) is 0.606. The molecule has 2 amide bonds. The highest BCUT2D eigenvalue weighted by atomic mass is 19.1. The van der Waals surface area contributed by atoms with E-state index in [9.17, 15) is 14.0 Å². The molecule has 0 aliphatic carbocycles. The normalized spacial score (nSPS) is 17.8. The fourth-order valence-corrected chi connectivity index (χ4v) is 4.64. The molecule has 2 aromatic carbocycles. The number of likely N-dealkylation sites (N-methyl/N-ethyl adjacent to an activating group) is 1. The van der Waals surface area contributed by atoms with Gasteiger partial charge >= 0.3 is 0 Å². The van der Waals surface area contributed by atoms with Crippen LogP contribution in [0.5, 0.6) is 5.75 Å². The molecule has 33 heavy (non-hydrogen) atoms. The van der Waals surface area contributed by atoms with Gasteiger partial charge in [0.05, 0.1) is 12.7 Å². The van der Waals surface area contributed by atoms with E-state index in [1.807, 2.05) is 30.1 Å². The Morgan fingerprint density at radius 2 is 1.70 bits per heavy atom. The first kappa shape index (κ1) is 23.0. The second-order valence-corrected chi connectivity index (χ2v) is 8.71. The predicted molar refractivity (Wildman–Crippen MR) is 125 cm³/mol. The fourth-order valence-electron chi connectivity index (χ4n) is 4.64. The molecule has 6 nitrogen and oxygen atoms in total. The highest BCUT2D eigenvalue weighted by Crippen LogP contribution is 2.37. The van der Waals surface area contributed by atoms with E-state index in [1.165, 1.54) is 17.0 Å². The molecular weight excluding hydrogens is 421 g/mol. The minimum atomic E-state index is -0.318. The molecule has 2 aromatic rings. The lowest BCUT2D eigenvalue weighted by molar-refractivity contribution is -0.137. The van der Waals surface area contributed by atoms with Crippen LogP contribution in [0, 0.1) is 5.82 Å². The first-order valence-electron chi connectivity index (χ1n) is 11.3. The number of nitrogens with zero attached hydrogens (tertiary/aromatic N) is 3. The first-order chi connectivity index (χ1) is 15.9. The van der Waals surface area contributed by atoms with E-state index in [0.29, 0.717) is 29.0 Å². The number of imide groups is 1. The molecule has 4 rings (SSSR count). The molecule has 2 aliphatic heterocycles. The minimum absolute atomic E-state index is 0.176. The van der Waals surface area contributed by atoms with Gasteiger partial charge in [-0.2, -0.15) is 0 Å². The van der Waals surface area contributed by atoms with E-state index in [4.69, 9.17) is 4.74 Å². The van der Waals surface area contributed by atoms with Crippen LogP contribution in [0.15, 0.2) is 54.2 Å². The molecule has 0 spiro atoms. The summed E-state index contributed by atoms with van der Waals surface area (Å²) in [5.41, 5.74) is 2.31. The molecule has 174 valence electrons. The van der Waals surface area contributed by atoms with E-state index in [0.717, 1.165) is 31.5 Å². The third kappa shape index (κ3) is 4.64. The second kappa shape index (κ2) is 9.75. The summed E-state index contributed by atoms with van der Waals surface area (Å²) in [5.74, 6) is -0.358. The van der Waals surface area contributed by atoms with Gasteiger partial charge in [0.15, 0.2) is 0 Å². The van der Waals surface area contributed by atoms with Crippen molar-refractivity contribution >= 4 is 17.4 Å². The average Bonchev–Trinajstić information content (AvgIpc) is 3.08. The predicted octanol–water partition coefficient (Wildman–Crippen LogP) is 3.18. The number of para-hydroxylation sites is 1. The van der Waals surface area contributed by atoms with Gasteiger partial charge in [-0.25, -0.2) is 4.39 Å². The van der Waals surface area contributed by atoms with Crippen molar-refractivity contribution in [3.05, 3.63) is 71.2 Å². The third-order valence-corrected chi connectivity index (χ3v) is 6.65. The zero-order chi connectivity index (χ0) is 23.5. The summed E-state index contributed by atoms with van der Waals surface area (Å²) in [7, 11) is 5.57. The molecule has 0 atom stereocenters. The Morgan fingerprint density at radius 1 is 1.03 bits per heavy atom. The summed E-state index contributed by atoms with van der Waals surface area (Å²) in [5, 5.41) is 0. The second-order valence-electron chi connectivity index (χ2n) is 8.71. The van der Waals surface area contributed by atoms with E-state index in [2.05, 4.69) is 11.9 Å². The van der Waals surface area contributed by atoms with Crippen molar-refractivity contribution < 1.29 is 18.7 Å². The number of methoxy groups -OCH3 is 1. The minimum Gasteiger partial charge on any atom is -0.496 e. The van der Waals surface area contributed by atoms with Crippen molar-refractivity contribution in [2.75, 3.05) is 40.8 Å². The van der Waals surface area contributed by atoms with E-state index >= 15 is 0 Å². The molecule has 1 fully saturated rings. The van der Waals surface area contributed by atoms with Crippen LogP contribution in [0.3, 0.4) is 0 Å². The maximum atomic E-state index is 13.6. The standard InChI is InChI=1S/C26H30FN3O3/c1-28-15-13-20(14-16-28)29(2)24-23(21-6-4-5-7-22(21)33-3)25(31)30(26(24)32)17-12-18-8-10-19(27)11-9-18/h4-11,20H,12-17H2,1-3H3. The van der Waals surface area contributed by atoms with Gasteiger partial charge in [0.25, 0.3) is 11.8 Å². The fraction of sp³-hybridized carbons (Fsp3) is 0.385. The lowest BCUT2D eigenvalue weighted by Gasteiger charge is -2.36. The molecule has 0 saturated carbocycles. The van der Waals surface area contributed by atoms with E-state index < -0.39 is 0 Å². The number of amides is 2. The lowest BCUT2D eigenvalue weighted by Crippen LogP contribution is -2.43. The summed E-state index contributed by atoms with van der Waals surface area (Å²) in [4.78, 5) is 32.8. The molecule has 7 heteroatoms. The number of rotatable bonds is 7. The van der Waals surface area contributed by atoms with Crippen molar-refractivity contribution in [1.29, 1.82) is 0 Å². The first-order valence-corrected chi connectivity index (χ1v) is 11.3. The third-order valence-electron chi connectivity index (χ3n) is 6.65. The van der Waals surface area contributed by atoms with Crippen LogP contribution < -0.4 is 4.74 Å². The smallest absolute Gasteiger partial charge is 0.277 e. The molecule has 2 aliphatic rings. The van der Waals surface area contributed by atoms with Gasteiger partial charge in [0.1, 0.15) is 17.3 Å². The zero-order valence-corrected chi connectivity index (χ0v) is 19.4. The Kier molecular flexibility index (Phi) is 6.79. The number of carbonyl (C=O) groups excluding carboxylic acids is 2. The van der Waals surface area contributed by atoms with Gasteiger partial charge < -0.3 is 14.5 Å². The highest BCUT2D eigenvalue weighted by molar-refractivity contribution is 6.36. The van der Waals surface area contributed by atoms with Gasteiger partial charge in [-0.3, -0.25) is 14.5 Å². The molecule has 0 radical (unpaired) electrons. The number of halogens is 1. The maximum absolute atomic E-state index is 13.6. The Bertz CT molecular complexity index is 1060. The van der Waals surface area contributed by atoms with Crippen LogP contribution in [0.25, 0.3) is 5.57 Å². The van der Waals surface area contributed by atoms with Crippen molar-refractivity contribution in [1.82, 2.24) is 14.7 Å².